The molecular formula is C26H32F9MoN2O6-. The first-order chi connectivity index (χ1) is 19.4. The van der Waals surface area contributed by atoms with Crippen LogP contribution in [0.15, 0.2) is 39.9 Å². The van der Waals surface area contributed by atoms with Crippen molar-refractivity contribution < 1.29 is 89.2 Å². The standard InChI is InChI=1S/C12H18N.C8H9N.C2H3F3O2.2C2HF3O2.Mo/c1-9-6-10(2)8-11(7-9)13-12(3,4)5;1-6-3-7(2)5-8(9)4-6;3*3-2(4,5)1(6)7;/h6-8H,1-5H3;3-5H,1-2H3;1,6-7H;2*(H,6,7);/q-1;;;;;. The number of hydrogen-bond donors (Lipinski definition) is 4. The quantitative estimate of drug-likeness (QED) is 0.140. The van der Waals surface area contributed by atoms with Gasteiger partial charge in [0.2, 0.25) is 0 Å². The summed E-state index contributed by atoms with van der Waals surface area (Å²) in [5.41, 5.74) is 7.29. The van der Waals surface area contributed by atoms with Crippen molar-refractivity contribution in [1.29, 1.82) is 0 Å². The zero-order valence-electron chi connectivity index (χ0n) is 24.4. The van der Waals surface area contributed by atoms with E-state index in [0.717, 1.165) is 11.4 Å². The molecule has 8 nitrogen and oxygen atoms in total. The number of carbonyl (C=O) groups is 2. The van der Waals surface area contributed by atoms with E-state index in [-0.39, 0.29) is 5.54 Å². The van der Waals surface area contributed by atoms with Crippen LogP contribution >= 0.6 is 0 Å². The minimum Gasteiger partial charge on any atom is -0.475 e. The molecule has 0 fully saturated rings. The number of benzene rings is 2. The molecule has 18 heteroatoms. The second-order valence-electron chi connectivity index (χ2n) is 9.59. The van der Waals surface area contributed by atoms with Crippen molar-refractivity contribution in [2.45, 2.75) is 78.8 Å². The van der Waals surface area contributed by atoms with Crippen LogP contribution < -0.4 is 0 Å². The molecule has 2 rings (SSSR count). The molecule has 0 unspecified atom stereocenters. The fraction of sp³-hybridized carbons (Fsp3) is 0.462. The molecule has 44 heavy (non-hydrogen) atoms. The van der Waals surface area contributed by atoms with Gasteiger partial charge in [0.25, 0.3) is 6.29 Å². The van der Waals surface area contributed by atoms with Crippen molar-refractivity contribution in [1.82, 2.24) is 0 Å². The average Bonchev–Trinajstić information content (AvgIpc) is 2.76. The smallest absolute Gasteiger partial charge is 0.475 e. The Bertz CT molecular complexity index is 1130. The van der Waals surface area contributed by atoms with Crippen LogP contribution in [-0.2, 0) is 29.2 Å². The summed E-state index contributed by atoms with van der Waals surface area (Å²) in [7, 11) is 0. The third-order valence-corrected chi connectivity index (χ3v) is 4.28. The van der Waals surface area contributed by atoms with Gasteiger partial charge in [0.1, 0.15) is 0 Å². The Labute approximate surface area is 258 Å². The van der Waals surface area contributed by atoms with Gasteiger partial charge in [0.15, 0.2) is 0 Å². The van der Waals surface area contributed by atoms with E-state index in [2.05, 4.69) is 93.7 Å². The summed E-state index contributed by atoms with van der Waals surface area (Å²) in [6.07, 6.45) is -18.3. The van der Waals surface area contributed by atoms with Crippen molar-refractivity contribution >= 4 is 23.3 Å². The molecule has 0 radical (unpaired) electrons. The summed E-state index contributed by atoms with van der Waals surface area (Å²) in [4.78, 5) is 17.8. The zero-order valence-corrected chi connectivity index (χ0v) is 26.4. The monoisotopic (exact) mass is 737 g/mol. The molecular weight excluding hydrogens is 703 g/mol. The van der Waals surface area contributed by atoms with E-state index in [4.69, 9.17) is 30.0 Å². The van der Waals surface area contributed by atoms with Gasteiger partial charge in [0.05, 0.1) is 0 Å². The van der Waals surface area contributed by atoms with E-state index in [1.807, 2.05) is 0 Å². The van der Waals surface area contributed by atoms with E-state index in [0.29, 0.717) is 0 Å². The van der Waals surface area contributed by atoms with Gasteiger partial charge >= 0.3 is 102 Å². The molecule has 0 atom stereocenters. The van der Waals surface area contributed by atoms with Crippen LogP contribution in [0.3, 0.4) is 0 Å². The summed E-state index contributed by atoms with van der Waals surface area (Å²) < 4.78 is 99.6. The van der Waals surface area contributed by atoms with E-state index in [1.165, 1.54) is 22.3 Å². The molecule has 0 heterocycles. The summed E-state index contributed by atoms with van der Waals surface area (Å²) in [5.74, 6) is -5.51. The van der Waals surface area contributed by atoms with E-state index >= 15 is 0 Å². The summed E-state index contributed by atoms with van der Waals surface area (Å²) >= 11 is 1.75. The van der Waals surface area contributed by atoms with E-state index in [1.54, 1.807) is 19.6 Å². The fourth-order valence-electron chi connectivity index (χ4n) is 2.41. The maximum absolute atomic E-state index is 10.7. The summed E-state index contributed by atoms with van der Waals surface area (Å²) in [5, 5.41) is 33.5. The number of halogens is 9. The van der Waals surface area contributed by atoms with Crippen molar-refractivity contribution in [2.24, 2.45) is 3.50 Å². The van der Waals surface area contributed by atoms with Crippen molar-refractivity contribution in [3.8, 4) is 0 Å². The molecule has 4 N–H and O–H groups in total. The third-order valence-electron chi connectivity index (χ3n) is 3.76. The van der Waals surface area contributed by atoms with Crippen molar-refractivity contribution in [2.75, 3.05) is 0 Å². The van der Waals surface area contributed by atoms with Gasteiger partial charge in [-0.1, -0.05) is 50.1 Å². The van der Waals surface area contributed by atoms with Crippen LogP contribution in [0, 0.1) is 27.7 Å². The Morgan fingerprint density at radius 1 is 0.682 bits per heavy atom. The Kier molecular flexibility index (Phi) is 20.0. The molecule has 2 aromatic carbocycles. The maximum Gasteiger partial charge on any atom is 0.490 e. The van der Waals surface area contributed by atoms with Gasteiger partial charge in [-0.25, -0.2) is 9.59 Å². The fourth-order valence-corrected chi connectivity index (χ4v) is 2.66. The summed E-state index contributed by atoms with van der Waals surface area (Å²) in [6.45, 7) is 14.7. The molecule has 0 bridgehead atoms. The SMILES string of the molecule is Cc1cc(C)cc([N-]C(C)(C)C)c1.Cc1cc(C)cc([N]=[Mo])c1.O=C(O)C(F)(F)F.O=C(O)C(F)(F)F.OC(O)C(F)(F)F. The number of carboxylic acid groups (broad SMARTS) is 2. The molecule has 0 amide bonds. The molecule has 0 spiro atoms. The van der Waals surface area contributed by atoms with Crippen molar-refractivity contribution in [3.63, 3.8) is 0 Å². The van der Waals surface area contributed by atoms with Gasteiger partial charge in [-0.15, -0.1) is 11.2 Å². The van der Waals surface area contributed by atoms with Gasteiger partial charge in [-0.3, -0.25) is 0 Å². The van der Waals surface area contributed by atoms with E-state index in [9.17, 15) is 39.5 Å². The third kappa shape index (κ3) is 26.6. The molecule has 0 saturated heterocycles. The number of aliphatic hydroxyl groups excluding tert-OH is 1. The predicted octanol–water partition coefficient (Wildman–Crippen LogP) is 7.90. The molecule has 252 valence electrons. The van der Waals surface area contributed by atoms with Crippen LogP contribution in [0.5, 0.6) is 0 Å². The molecule has 0 aliphatic rings. The van der Waals surface area contributed by atoms with Gasteiger partial charge < -0.3 is 25.7 Å². The van der Waals surface area contributed by atoms with Crippen LogP contribution in [-0.4, -0.2) is 62.7 Å². The number of nitrogens with zero attached hydrogens (tertiary/aromatic N) is 2. The Balaban J connectivity index is -0.000000492. The second kappa shape index (κ2) is 19.4. The predicted molar refractivity (Wildman–Crippen MR) is 138 cm³/mol. The summed E-state index contributed by atoms with van der Waals surface area (Å²) in [6, 6.07) is 12.7. The molecule has 0 aliphatic heterocycles. The number of carboxylic acids is 2. The minimum atomic E-state index is -5.08. The largest absolute Gasteiger partial charge is 0.490 e. The van der Waals surface area contributed by atoms with Crippen LogP contribution in [0.25, 0.3) is 5.32 Å². The Morgan fingerprint density at radius 2 is 0.932 bits per heavy atom. The number of alkyl halides is 9. The first kappa shape index (κ1) is 45.4. The van der Waals surface area contributed by atoms with Crippen LogP contribution in [0.4, 0.5) is 50.9 Å². The molecule has 0 saturated carbocycles. The first-order valence-corrected chi connectivity index (χ1v) is 12.6. The first-order valence-electron chi connectivity index (χ1n) is 11.7. The van der Waals surface area contributed by atoms with E-state index < -0.39 is 36.8 Å². The van der Waals surface area contributed by atoms with Crippen LogP contribution in [0.1, 0.15) is 43.0 Å². The number of rotatable bonds is 2. The van der Waals surface area contributed by atoms with Crippen molar-refractivity contribution in [3.05, 3.63) is 64.0 Å². The van der Waals surface area contributed by atoms with Gasteiger partial charge in [-0.05, 0) is 13.8 Å². The molecule has 0 aromatic heterocycles. The number of aliphatic carboxylic acids is 2. The molecule has 0 aliphatic carbocycles. The average molecular weight is 735 g/mol. The van der Waals surface area contributed by atoms with Gasteiger partial charge in [0, 0.05) is 0 Å². The normalized spacial score (nSPS) is 11.2. The Hall–Kier alpha value is -3.04. The number of aryl methyl sites for hydroxylation is 4. The van der Waals surface area contributed by atoms with Gasteiger partial charge in [-0.2, -0.15) is 39.5 Å². The Morgan fingerprint density at radius 3 is 1.11 bits per heavy atom. The number of aliphatic hydroxyl groups is 2. The topological polar surface area (TPSA) is 142 Å². The second-order valence-corrected chi connectivity index (χ2v) is 10.0. The minimum absolute atomic E-state index is 0.0141. The maximum atomic E-state index is 10.7. The molecule has 2 aromatic rings. The number of hydrogen-bond acceptors (Lipinski definition) is 5. The zero-order chi connectivity index (χ0) is 35.9. The van der Waals surface area contributed by atoms with Crippen LogP contribution in [0.2, 0.25) is 0 Å².